The number of hydrogen-bond acceptors (Lipinski definition) is 2. The summed E-state index contributed by atoms with van der Waals surface area (Å²) in [5.41, 5.74) is 5.95. The van der Waals surface area contributed by atoms with E-state index >= 15 is 0 Å². The molecule has 2 unspecified atom stereocenters. The molecule has 2 rings (SSSR count). The van der Waals surface area contributed by atoms with E-state index in [0.29, 0.717) is 11.4 Å². The molecule has 0 fully saturated rings. The molecule has 17 heavy (non-hydrogen) atoms. The van der Waals surface area contributed by atoms with Crippen LogP contribution < -0.4 is 5.73 Å². The number of carbonyl (C=O) groups excluding carboxylic acids is 1. The summed E-state index contributed by atoms with van der Waals surface area (Å²) in [5, 5.41) is 0.296. The van der Waals surface area contributed by atoms with Crippen LogP contribution >= 0.6 is 11.6 Å². The third-order valence-corrected chi connectivity index (χ3v) is 3.30. The Hall–Kier alpha value is -1.19. The molecular formula is C13H13ClFNO. The van der Waals surface area contributed by atoms with Crippen LogP contribution in [0.3, 0.4) is 0 Å². The molecular weight excluding hydrogens is 241 g/mol. The molecule has 1 aromatic carbocycles. The Balaban J connectivity index is 2.11. The minimum Gasteiger partial charge on any atom is -0.324 e. The van der Waals surface area contributed by atoms with Crippen LogP contribution in [0.2, 0.25) is 5.02 Å². The van der Waals surface area contributed by atoms with Crippen molar-refractivity contribution in [3.8, 4) is 0 Å². The number of allylic oxidation sites excluding steroid dienone is 1. The van der Waals surface area contributed by atoms with E-state index in [9.17, 15) is 9.18 Å². The van der Waals surface area contributed by atoms with E-state index in [4.69, 9.17) is 17.3 Å². The first kappa shape index (κ1) is 12.3. The van der Waals surface area contributed by atoms with Crippen LogP contribution in [0.5, 0.6) is 0 Å². The quantitative estimate of drug-likeness (QED) is 0.841. The normalized spacial score (nSPS) is 23.0. The summed E-state index contributed by atoms with van der Waals surface area (Å²) in [5.74, 6) is -0.681. The number of nitrogens with two attached hydrogens (primary N) is 1. The van der Waals surface area contributed by atoms with E-state index < -0.39 is 5.82 Å². The first-order chi connectivity index (χ1) is 8.08. The molecule has 0 radical (unpaired) electrons. The second kappa shape index (κ2) is 4.98. The van der Waals surface area contributed by atoms with Gasteiger partial charge >= 0.3 is 0 Å². The van der Waals surface area contributed by atoms with Crippen molar-refractivity contribution >= 4 is 17.4 Å². The zero-order valence-electron chi connectivity index (χ0n) is 9.20. The van der Waals surface area contributed by atoms with E-state index in [2.05, 4.69) is 0 Å². The largest absolute Gasteiger partial charge is 0.324 e. The van der Waals surface area contributed by atoms with Gasteiger partial charge in [0.2, 0.25) is 0 Å². The lowest BCUT2D eigenvalue weighted by atomic mass is 9.96. The standard InChI is InChI=1S/C13H13ClFNO/c14-11-2-1-3-12(15)10(11)7-13(17)8-4-5-9(16)6-8/h1-5,8-9H,6-7,16H2. The first-order valence-corrected chi connectivity index (χ1v) is 5.85. The van der Waals surface area contributed by atoms with Gasteiger partial charge in [-0.3, -0.25) is 4.79 Å². The molecule has 1 aliphatic rings. The van der Waals surface area contributed by atoms with Crippen LogP contribution in [-0.2, 0) is 11.2 Å². The van der Waals surface area contributed by atoms with E-state index in [0.717, 1.165) is 0 Å². The number of benzene rings is 1. The third kappa shape index (κ3) is 2.73. The Morgan fingerprint density at radius 1 is 1.47 bits per heavy atom. The van der Waals surface area contributed by atoms with Crippen LogP contribution in [0.25, 0.3) is 0 Å². The van der Waals surface area contributed by atoms with Gasteiger partial charge in [0.05, 0.1) is 0 Å². The van der Waals surface area contributed by atoms with Crippen LogP contribution in [0.4, 0.5) is 4.39 Å². The van der Waals surface area contributed by atoms with Gasteiger partial charge in [-0.05, 0) is 18.6 Å². The van der Waals surface area contributed by atoms with Gasteiger partial charge in [-0.25, -0.2) is 4.39 Å². The van der Waals surface area contributed by atoms with Gasteiger partial charge < -0.3 is 5.73 Å². The Kier molecular flexibility index (Phi) is 3.60. The topological polar surface area (TPSA) is 43.1 Å². The minimum atomic E-state index is -0.433. The lowest BCUT2D eigenvalue weighted by Crippen LogP contribution is -2.20. The molecule has 0 heterocycles. The highest BCUT2D eigenvalue weighted by Crippen LogP contribution is 2.24. The van der Waals surface area contributed by atoms with Crippen LogP contribution in [0.15, 0.2) is 30.4 Å². The maximum Gasteiger partial charge on any atom is 0.144 e. The highest BCUT2D eigenvalue weighted by molar-refractivity contribution is 6.31. The Morgan fingerprint density at radius 3 is 2.82 bits per heavy atom. The van der Waals surface area contributed by atoms with Crippen molar-refractivity contribution < 1.29 is 9.18 Å². The molecule has 0 saturated heterocycles. The third-order valence-electron chi connectivity index (χ3n) is 2.94. The molecule has 4 heteroatoms. The molecule has 0 aromatic heterocycles. The average Bonchev–Trinajstić information content (AvgIpc) is 2.70. The fourth-order valence-electron chi connectivity index (χ4n) is 1.97. The second-order valence-electron chi connectivity index (χ2n) is 4.23. The van der Waals surface area contributed by atoms with Gasteiger partial charge in [0.1, 0.15) is 11.6 Å². The minimum absolute atomic E-state index is 0.0211. The number of rotatable bonds is 3. The van der Waals surface area contributed by atoms with E-state index in [-0.39, 0.29) is 29.7 Å². The van der Waals surface area contributed by atoms with Crippen molar-refractivity contribution in [1.29, 1.82) is 0 Å². The van der Waals surface area contributed by atoms with Gasteiger partial charge in [0.15, 0.2) is 0 Å². The van der Waals surface area contributed by atoms with Gasteiger partial charge in [0, 0.05) is 29.0 Å². The Labute approximate surface area is 104 Å². The molecule has 0 spiro atoms. The molecule has 1 aromatic rings. The average molecular weight is 254 g/mol. The maximum absolute atomic E-state index is 13.5. The molecule has 0 saturated carbocycles. The van der Waals surface area contributed by atoms with Gasteiger partial charge in [-0.15, -0.1) is 0 Å². The predicted molar refractivity (Wildman–Crippen MR) is 65.3 cm³/mol. The van der Waals surface area contributed by atoms with Crippen molar-refractivity contribution in [2.75, 3.05) is 0 Å². The number of ketones is 1. The van der Waals surface area contributed by atoms with Crippen molar-refractivity contribution in [2.45, 2.75) is 18.9 Å². The smallest absolute Gasteiger partial charge is 0.144 e. The predicted octanol–water partition coefficient (Wildman–Crippen LogP) is 2.49. The summed E-state index contributed by atoms with van der Waals surface area (Å²) in [7, 11) is 0. The maximum atomic E-state index is 13.5. The molecule has 2 nitrogen and oxygen atoms in total. The van der Waals surface area contributed by atoms with Crippen LogP contribution in [0.1, 0.15) is 12.0 Å². The number of hydrogen-bond donors (Lipinski definition) is 1. The number of carbonyl (C=O) groups is 1. The molecule has 0 aliphatic heterocycles. The van der Waals surface area contributed by atoms with E-state index in [1.54, 1.807) is 12.1 Å². The van der Waals surface area contributed by atoms with Crippen molar-refractivity contribution in [3.63, 3.8) is 0 Å². The molecule has 0 bridgehead atoms. The van der Waals surface area contributed by atoms with Gasteiger partial charge in [0.25, 0.3) is 0 Å². The second-order valence-corrected chi connectivity index (χ2v) is 4.64. The fraction of sp³-hybridized carbons (Fsp3) is 0.308. The Morgan fingerprint density at radius 2 is 2.24 bits per heavy atom. The number of halogens is 2. The first-order valence-electron chi connectivity index (χ1n) is 5.47. The van der Waals surface area contributed by atoms with Crippen molar-refractivity contribution in [3.05, 3.63) is 46.8 Å². The van der Waals surface area contributed by atoms with Crippen molar-refractivity contribution in [1.82, 2.24) is 0 Å². The van der Waals surface area contributed by atoms with Crippen molar-refractivity contribution in [2.24, 2.45) is 11.7 Å². The monoisotopic (exact) mass is 253 g/mol. The fourth-order valence-corrected chi connectivity index (χ4v) is 2.20. The molecule has 1 aliphatic carbocycles. The summed E-state index contributed by atoms with van der Waals surface area (Å²) in [6.45, 7) is 0. The molecule has 2 N–H and O–H groups in total. The summed E-state index contributed by atoms with van der Waals surface area (Å²) in [6, 6.07) is 4.35. The molecule has 90 valence electrons. The van der Waals surface area contributed by atoms with Crippen LogP contribution in [-0.4, -0.2) is 11.8 Å². The molecule has 0 amide bonds. The Bertz CT molecular complexity index is 452. The highest BCUT2D eigenvalue weighted by Gasteiger charge is 2.24. The number of Topliss-reactive ketones (excluding diaryl/α,β-unsaturated/α-hetero) is 1. The lowest BCUT2D eigenvalue weighted by Gasteiger charge is -2.10. The summed E-state index contributed by atoms with van der Waals surface area (Å²) >= 11 is 5.87. The van der Waals surface area contributed by atoms with Crippen LogP contribution in [0, 0.1) is 11.7 Å². The lowest BCUT2D eigenvalue weighted by molar-refractivity contribution is -0.120. The van der Waals surface area contributed by atoms with E-state index in [1.165, 1.54) is 12.1 Å². The highest BCUT2D eigenvalue weighted by atomic mass is 35.5. The summed E-state index contributed by atoms with van der Waals surface area (Å²) in [6.07, 6.45) is 4.23. The van der Waals surface area contributed by atoms with Gasteiger partial charge in [-0.1, -0.05) is 29.8 Å². The summed E-state index contributed by atoms with van der Waals surface area (Å²) < 4.78 is 13.5. The SMILES string of the molecule is NC1C=CC(C(=O)Cc2c(F)cccc2Cl)C1. The van der Waals surface area contributed by atoms with Gasteiger partial charge in [-0.2, -0.15) is 0 Å². The zero-order chi connectivity index (χ0) is 12.4. The summed E-state index contributed by atoms with van der Waals surface area (Å²) in [4.78, 5) is 11.9. The van der Waals surface area contributed by atoms with E-state index in [1.807, 2.05) is 6.08 Å². The zero-order valence-corrected chi connectivity index (χ0v) is 9.95. The molecule has 2 atom stereocenters.